The quantitative estimate of drug-likeness (QED) is 0.818. The van der Waals surface area contributed by atoms with Crippen LogP contribution in [0.25, 0.3) is 0 Å². The monoisotopic (exact) mass is 332 g/mol. The zero-order valence-electron chi connectivity index (χ0n) is 13.0. The van der Waals surface area contributed by atoms with Crippen LogP contribution in [0.15, 0.2) is 36.2 Å². The molecule has 0 spiro atoms. The highest BCUT2D eigenvalue weighted by Gasteiger charge is 2.42. The van der Waals surface area contributed by atoms with Gasteiger partial charge in [0.1, 0.15) is 0 Å². The highest BCUT2D eigenvalue weighted by Crippen LogP contribution is 2.38. The van der Waals surface area contributed by atoms with Crippen LogP contribution in [-0.2, 0) is 16.1 Å². The van der Waals surface area contributed by atoms with Crippen molar-refractivity contribution in [3.05, 3.63) is 41.1 Å². The number of hydrogen-bond acceptors (Lipinski definition) is 4. The van der Waals surface area contributed by atoms with Gasteiger partial charge in [0.25, 0.3) is 0 Å². The van der Waals surface area contributed by atoms with Crippen LogP contribution in [0.2, 0.25) is 0 Å². The van der Waals surface area contributed by atoms with E-state index in [4.69, 9.17) is 0 Å². The van der Waals surface area contributed by atoms with Crippen molar-refractivity contribution >= 4 is 23.2 Å². The van der Waals surface area contributed by atoms with Crippen LogP contribution < -0.4 is 5.32 Å². The molecule has 0 saturated carbocycles. The number of amides is 2. The van der Waals surface area contributed by atoms with E-state index in [1.165, 1.54) is 0 Å². The molecule has 2 aromatic rings. The highest BCUT2D eigenvalue weighted by atomic mass is 32.1. The van der Waals surface area contributed by atoms with Gasteiger partial charge in [-0.1, -0.05) is 6.07 Å². The maximum atomic E-state index is 12.5. The van der Waals surface area contributed by atoms with Gasteiger partial charge >= 0.3 is 0 Å². The predicted molar refractivity (Wildman–Crippen MR) is 87.8 cm³/mol. The third-order valence-electron chi connectivity index (χ3n) is 4.21. The van der Waals surface area contributed by atoms with E-state index in [0.29, 0.717) is 6.54 Å². The largest absolute Gasteiger partial charge is 0.356 e. The summed E-state index contributed by atoms with van der Waals surface area (Å²) in [7, 11) is 1.78. The Morgan fingerprint density at radius 3 is 3.09 bits per heavy atom. The van der Waals surface area contributed by atoms with Crippen LogP contribution in [0.1, 0.15) is 23.8 Å². The summed E-state index contributed by atoms with van der Waals surface area (Å²) in [6, 6.07) is 3.80. The Balaban J connectivity index is 1.56. The zero-order valence-corrected chi connectivity index (χ0v) is 13.8. The molecule has 0 unspecified atom stereocenters. The Morgan fingerprint density at radius 2 is 2.39 bits per heavy atom. The van der Waals surface area contributed by atoms with E-state index in [9.17, 15) is 9.59 Å². The van der Waals surface area contributed by atoms with Gasteiger partial charge in [-0.2, -0.15) is 0 Å². The summed E-state index contributed by atoms with van der Waals surface area (Å²) in [5.41, 5.74) is 0. The minimum absolute atomic E-state index is 0.0296. The van der Waals surface area contributed by atoms with E-state index in [1.807, 2.05) is 28.3 Å². The van der Waals surface area contributed by atoms with Crippen LogP contribution in [0, 0.1) is 5.92 Å². The Morgan fingerprint density at radius 1 is 1.52 bits per heavy atom. The standard InChI is InChI=1S/C16H20N4O2S/c1-19-14(21)10-12(15(19)13-4-2-9-23-13)16(22)18-5-3-7-20-8-6-17-11-20/h2,4,6,8-9,11-12,15H,3,5,7,10H2,1H3,(H,18,22)/t12-,15+/m0/s1. The Kier molecular flexibility index (Phi) is 4.76. The summed E-state index contributed by atoms with van der Waals surface area (Å²) in [6.45, 7) is 1.42. The van der Waals surface area contributed by atoms with Crippen LogP contribution in [0.3, 0.4) is 0 Å². The van der Waals surface area contributed by atoms with Gasteiger partial charge in [-0.15, -0.1) is 11.3 Å². The summed E-state index contributed by atoms with van der Waals surface area (Å²) in [6.07, 6.45) is 6.53. The number of carbonyl (C=O) groups excluding carboxylic acids is 2. The van der Waals surface area contributed by atoms with E-state index in [1.54, 1.807) is 35.8 Å². The molecule has 0 radical (unpaired) electrons. The predicted octanol–water partition coefficient (Wildman–Crippen LogP) is 1.67. The molecular weight excluding hydrogens is 312 g/mol. The number of rotatable bonds is 6. The van der Waals surface area contributed by atoms with Crippen molar-refractivity contribution in [2.75, 3.05) is 13.6 Å². The van der Waals surface area contributed by atoms with Gasteiger partial charge in [0, 0.05) is 43.8 Å². The average molecular weight is 332 g/mol. The molecule has 3 rings (SSSR count). The van der Waals surface area contributed by atoms with Gasteiger partial charge in [0.2, 0.25) is 11.8 Å². The van der Waals surface area contributed by atoms with Gasteiger partial charge in [0.15, 0.2) is 0 Å². The average Bonchev–Trinajstić information content (AvgIpc) is 3.27. The number of carbonyl (C=O) groups is 2. The molecule has 1 aliphatic heterocycles. The van der Waals surface area contributed by atoms with Crippen LogP contribution in [-0.4, -0.2) is 39.9 Å². The Labute approximate surface area is 139 Å². The zero-order chi connectivity index (χ0) is 16.2. The molecule has 1 N–H and O–H groups in total. The highest BCUT2D eigenvalue weighted by molar-refractivity contribution is 7.10. The summed E-state index contributed by atoms with van der Waals surface area (Å²) in [4.78, 5) is 31.3. The maximum Gasteiger partial charge on any atom is 0.226 e. The van der Waals surface area contributed by atoms with E-state index >= 15 is 0 Å². The van der Waals surface area contributed by atoms with E-state index in [0.717, 1.165) is 17.8 Å². The van der Waals surface area contributed by atoms with Gasteiger partial charge in [0.05, 0.1) is 18.3 Å². The molecule has 1 saturated heterocycles. The molecule has 0 aromatic carbocycles. The van der Waals surface area contributed by atoms with Crippen molar-refractivity contribution < 1.29 is 9.59 Å². The first kappa shape index (κ1) is 15.7. The maximum absolute atomic E-state index is 12.5. The minimum atomic E-state index is -0.306. The molecule has 1 aliphatic rings. The van der Waals surface area contributed by atoms with Crippen LogP contribution >= 0.6 is 11.3 Å². The normalized spacial score (nSPS) is 20.9. The van der Waals surface area contributed by atoms with Gasteiger partial charge in [-0.3, -0.25) is 9.59 Å². The van der Waals surface area contributed by atoms with E-state index < -0.39 is 0 Å². The van der Waals surface area contributed by atoms with Crippen LogP contribution in [0.5, 0.6) is 0 Å². The number of aryl methyl sites for hydroxylation is 1. The van der Waals surface area contributed by atoms with Crippen molar-refractivity contribution in [2.45, 2.75) is 25.4 Å². The molecule has 122 valence electrons. The summed E-state index contributed by atoms with van der Waals surface area (Å²) < 4.78 is 1.98. The van der Waals surface area contributed by atoms with Crippen molar-refractivity contribution in [2.24, 2.45) is 5.92 Å². The fraction of sp³-hybridized carbons (Fsp3) is 0.438. The molecule has 6 nitrogen and oxygen atoms in total. The smallest absolute Gasteiger partial charge is 0.226 e. The summed E-state index contributed by atoms with van der Waals surface area (Å²) in [5.74, 6) is -0.312. The molecule has 2 aromatic heterocycles. The first-order valence-electron chi connectivity index (χ1n) is 7.69. The lowest BCUT2D eigenvalue weighted by Crippen LogP contribution is -2.35. The topological polar surface area (TPSA) is 67.2 Å². The second-order valence-corrected chi connectivity index (χ2v) is 6.70. The number of hydrogen-bond donors (Lipinski definition) is 1. The van der Waals surface area contributed by atoms with Gasteiger partial charge < -0.3 is 14.8 Å². The number of nitrogens with one attached hydrogen (secondary N) is 1. The Hall–Kier alpha value is -2.15. The molecule has 23 heavy (non-hydrogen) atoms. The number of likely N-dealkylation sites (tertiary alicyclic amines) is 1. The first-order valence-corrected chi connectivity index (χ1v) is 8.57. The minimum Gasteiger partial charge on any atom is -0.356 e. The molecule has 7 heteroatoms. The lowest BCUT2D eigenvalue weighted by Gasteiger charge is -2.23. The fourth-order valence-corrected chi connectivity index (χ4v) is 3.91. The number of thiophene rings is 1. The second kappa shape index (κ2) is 6.95. The van der Waals surface area contributed by atoms with E-state index in [-0.39, 0.29) is 30.2 Å². The van der Waals surface area contributed by atoms with Crippen molar-refractivity contribution in [1.29, 1.82) is 0 Å². The number of imidazole rings is 1. The van der Waals surface area contributed by atoms with Crippen molar-refractivity contribution in [3.63, 3.8) is 0 Å². The summed E-state index contributed by atoms with van der Waals surface area (Å²) >= 11 is 1.59. The lowest BCUT2D eigenvalue weighted by atomic mass is 9.98. The third kappa shape index (κ3) is 3.44. The fourth-order valence-electron chi connectivity index (χ4n) is 2.98. The second-order valence-electron chi connectivity index (χ2n) is 5.72. The van der Waals surface area contributed by atoms with Gasteiger partial charge in [-0.25, -0.2) is 4.98 Å². The third-order valence-corrected chi connectivity index (χ3v) is 5.15. The molecule has 2 amide bonds. The van der Waals surface area contributed by atoms with Crippen molar-refractivity contribution in [3.8, 4) is 0 Å². The molecule has 1 fully saturated rings. The molecule has 0 aliphatic carbocycles. The lowest BCUT2D eigenvalue weighted by molar-refractivity contribution is -0.128. The Bertz CT molecular complexity index is 654. The van der Waals surface area contributed by atoms with Gasteiger partial charge in [-0.05, 0) is 17.9 Å². The van der Waals surface area contributed by atoms with Crippen LogP contribution in [0.4, 0.5) is 0 Å². The number of nitrogens with zero attached hydrogens (tertiary/aromatic N) is 3. The molecule has 3 heterocycles. The SMILES string of the molecule is CN1C(=O)C[C@H](C(=O)NCCCn2ccnc2)[C@@H]1c1cccs1. The van der Waals surface area contributed by atoms with E-state index in [2.05, 4.69) is 10.3 Å². The number of aromatic nitrogens is 2. The molecular formula is C16H20N4O2S. The molecule has 2 atom stereocenters. The molecule has 0 bridgehead atoms. The summed E-state index contributed by atoms with van der Waals surface area (Å²) in [5, 5.41) is 4.95. The first-order chi connectivity index (χ1) is 11.2. The van der Waals surface area contributed by atoms with Crippen molar-refractivity contribution in [1.82, 2.24) is 19.8 Å².